The molecule has 0 bridgehead atoms. The molecular formula is C26H25ClN4O4. The minimum absolute atomic E-state index is 0.243. The summed E-state index contributed by atoms with van der Waals surface area (Å²) in [6, 6.07) is 21.7. The number of nitrogens with one attached hydrogen (secondary N) is 3. The standard InChI is InChI=1S/C26H25ClN4O4/c1-18-21(27)11-7-12-22(18)30-24(32)17-35-23-13-6-5-10-20(23)16-29-31-26(34)25(33)28-15-14-19-8-3-2-4-9-19/h2-13,16H,14-15,17H2,1H3,(H,28,33)(H,30,32)(H,31,34). The number of benzene rings is 3. The molecule has 180 valence electrons. The van der Waals surface area contributed by atoms with Crippen LogP contribution in [0.5, 0.6) is 5.75 Å². The fraction of sp³-hybridized carbons (Fsp3) is 0.154. The van der Waals surface area contributed by atoms with E-state index in [9.17, 15) is 14.4 Å². The van der Waals surface area contributed by atoms with Gasteiger partial charge in [-0.05, 0) is 48.7 Å². The smallest absolute Gasteiger partial charge is 0.329 e. The molecule has 0 radical (unpaired) electrons. The van der Waals surface area contributed by atoms with Gasteiger partial charge in [-0.3, -0.25) is 14.4 Å². The highest BCUT2D eigenvalue weighted by atomic mass is 35.5. The minimum Gasteiger partial charge on any atom is -0.483 e. The number of anilines is 1. The second-order valence-corrected chi connectivity index (χ2v) is 7.88. The number of amides is 3. The molecule has 0 saturated carbocycles. The monoisotopic (exact) mass is 492 g/mol. The fourth-order valence-electron chi connectivity index (χ4n) is 3.05. The molecule has 0 saturated heterocycles. The molecule has 3 aromatic carbocycles. The number of nitrogens with zero attached hydrogens (tertiary/aromatic N) is 1. The first kappa shape index (κ1) is 25.5. The Bertz CT molecular complexity index is 1210. The number of hydrazone groups is 1. The van der Waals surface area contributed by atoms with E-state index >= 15 is 0 Å². The Kier molecular flexibility index (Phi) is 9.39. The van der Waals surface area contributed by atoms with Crippen molar-refractivity contribution in [3.63, 3.8) is 0 Å². The van der Waals surface area contributed by atoms with Gasteiger partial charge in [0, 0.05) is 22.8 Å². The average molecular weight is 493 g/mol. The van der Waals surface area contributed by atoms with Crippen LogP contribution < -0.4 is 20.8 Å². The third-order valence-electron chi connectivity index (χ3n) is 4.94. The molecule has 3 aromatic rings. The van der Waals surface area contributed by atoms with Gasteiger partial charge in [-0.2, -0.15) is 5.10 Å². The average Bonchev–Trinajstić information content (AvgIpc) is 2.86. The van der Waals surface area contributed by atoms with Gasteiger partial charge in [0.15, 0.2) is 6.61 Å². The van der Waals surface area contributed by atoms with Crippen molar-refractivity contribution < 1.29 is 19.1 Å². The van der Waals surface area contributed by atoms with Crippen LogP contribution in [0.4, 0.5) is 5.69 Å². The zero-order chi connectivity index (χ0) is 25.0. The van der Waals surface area contributed by atoms with Crippen LogP contribution in [0.2, 0.25) is 5.02 Å². The third kappa shape index (κ3) is 7.97. The number of ether oxygens (including phenoxy) is 1. The van der Waals surface area contributed by atoms with Crippen molar-refractivity contribution in [1.29, 1.82) is 0 Å². The number of para-hydroxylation sites is 1. The van der Waals surface area contributed by atoms with Gasteiger partial charge in [-0.25, -0.2) is 5.43 Å². The van der Waals surface area contributed by atoms with Gasteiger partial charge in [0.05, 0.1) is 6.21 Å². The van der Waals surface area contributed by atoms with Crippen LogP contribution in [-0.4, -0.2) is 37.1 Å². The lowest BCUT2D eigenvalue weighted by molar-refractivity contribution is -0.139. The molecule has 3 amide bonds. The molecule has 0 spiro atoms. The molecule has 9 heteroatoms. The Hall–Kier alpha value is -4.17. The summed E-state index contributed by atoms with van der Waals surface area (Å²) in [5.41, 5.74) is 5.12. The largest absolute Gasteiger partial charge is 0.483 e. The Morgan fingerprint density at radius 3 is 2.49 bits per heavy atom. The van der Waals surface area contributed by atoms with E-state index in [1.165, 1.54) is 6.21 Å². The fourth-order valence-corrected chi connectivity index (χ4v) is 3.22. The van der Waals surface area contributed by atoms with Gasteiger partial charge < -0.3 is 15.4 Å². The van der Waals surface area contributed by atoms with Crippen LogP contribution in [0.1, 0.15) is 16.7 Å². The van der Waals surface area contributed by atoms with E-state index in [1.54, 1.807) is 42.5 Å². The topological polar surface area (TPSA) is 109 Å². The first-order chi connectivity index (χ1) is 16.9. The molecular weight excluding hydrogens is 468 g/mol. The van der Waals surface area contributed by atoms with E-state index in [2.05, 4.69) is 21.2 Å². The number of rotatable bonds is 9. The predicted octanol–water partition coefficient (Wildman–Crippen LogP) is 3.47. The summed E-state index contributed by atoms with van der Waals surface area (Å²) in [4.78, 5) is 36.2. The maximum atomic E-state index is 12.3. The highest BCUT2D eigenvalue weighted by molar-refractivity contribution is 6.35. The van der Waals surface area contributed by atoms with E-state index in [4.69, 9.17) is 16.3 Å². The molecule has 0 heterocycles. The van der Waals surface area contributed by atoms with Crippen LogP contribution in [0, 0.1) is 6.92 Å². The first-order valence-corrected chi connectivity index (χ1v) is 11.2. The molecule has 3 N–H and O–H groups in total. The van der Waals surface area contributed by atoms with Crippen molar-refractivity contribution in [1.82, 2.24) is 10.7 Å². The quantitative estimate of drug-likeness (QED) is 0.241. The SMILES string of the molecule is Cc1c(Cl)cccc1NC(=O)COc1ccccc1C=NNC(=O)C(=O)NCCc1ccccc1. The van der Waals surface area contributed by atoms with Gasteiger partial charge >= 0.3 is 11.8 Å². The van der Waals surface area contributed by atoms with Gasteiger partial charge in [0.1, 0.15) is 5.75 Å². The maximum absolute atomic E-state index is 12.3. The van der Waals surface area contributed by atoms with Crippen molar-refractivity contribution in [2.75, 3.05) is 18.5 Å². The maximum Gasteiger partial charge on any atom is 0.329 e. The zero-order valence-corrected chi connectivity index (χ0v) is 19.8. The third-order valence-corrected chi connectivity index (χ3v) is 5.35. The minimum atomic E-state index is -0.885. The molecule has 0 unspecified atom stereocenters. The zero-order valence-electron chi connectivity index (χ0n) is 19.1. The Labute approximate surface area is 208 Å². The molecule has 35 heavy (non-hydrogen) atoms. The van der Waals surface area contributed by atoms with Crippen molar-refractivity contribution in [3.05, 3.63) is 94.5 Å². The summed E-state index contributed by atoms with van der Waals surface area (Å²) in [5, 5.41) is 9.68. The lowest BCUT2D eigenvalue weighted by Gasteiger charge is -2.11. The molecule has 0 fully saturated rings. The van der Waals surface area contributed by atoms with E-state index in [-0.39, 0.29) is 12.5 Å². The van der Waals surface area contributed by atoms with E-state index in [0.29, 0.717) is 35.0 Å². The van der Waals surface area contributed by atoms with Crippen molar-refractivity contribution in [3.8, 4) is 5.75 Å². The summed E-state index contributed by atoms with van der Waals surface area (Å²) in [6.07, 6.45) is 1.95. The predicted molar refractivity (Wildman–Crippen MR) is 136 cm³/mol. The Morgan fingerprint density at radius 1 is 0.943 bits per heavy atom. The number of hydrogen-bond acceptors (Lipinski definition) is 5. The molecule has 3 rings (SSSR count). The summed E-state index contributed by atoms with van der Waals surface area (Å²) < 4.78 is 5.61. The van der Waals surface area contributed by atoms with Gasteiger partial charge in [0.2, 0.25) is 0 Å². The first-order valence-electron chi connectivity index (χ1n) is 10.9. The van der Waals surface area contributed by atoms with Crippen molar-refractivity contribution >= 4 is 41.2 Å². The van der Waals surface area contributed by atoms with Crippen LogP contribution in [0.3, 0.4) is 0 Å². The normalized spacial score (nSPS) is 10.6. The van der Waals surface area contributed by atoms with Crippen molar-refractivity contribution in [2.45, 2.75) is 13.3 Å². The van der Waals surface area contributed by atoms with Crippen LogP contribution in [0.15, 0.2) is 77.9 Å². The number of carbonyl (C=O) groups excluding carboxylic acids is 3. The summed E-state index contributed by atoms with van der Waals surface area (Å²) in [7, 11) is 0. The number of carbonyl (C=O) groups is 3. The summed E-state index contributed by atoms with van der Waals surface area (Å²) in [6.45, 7) is 1.89. The van der Waals surface area contributed by atoms with Crippen LogP contribution >= 0.6 is 11.6 Å². The van der Waals surface area contributed by atoms with Gasteiger partial charge in [-0.1, -0.05) is 60.1 Å². The number of hydrogen-bond donors (Lipinski definition) is 3. The number of halogens is 1. The highest BCUT2D eigenvalue weighted by Crippen LogP contribution is 2.23. The molecule has 0 atom stereocenters. The molecule has 0 aromatic heterocycles. The highest BCUT2D eigenvalue weighted by Gasteiger charge is 2.12. The molecule has 8 nitrogen and oxygen atoms in total. The van der Waals surface area contributed by atoms with Gasteiger partial charge in [-0.15, -0.1) is 0 Å². The van der Waals surface area contributed by atoms with Crippen molar-refractivity contribution in [2.24, 2.45) is 5.10 Å². The second-order valence-electron chi connectivity index (χ2n) is 7.48. The lowest BCUT2D eigenvalue weighted by atomic mass is 10.1. The van der Waals surface area contributed by atoms with Gasteiger partial charge in [0.25, 0.3) is 5.91 Å². The second kappa shape index (κ2) is 12.9. The van der Waals surface area contributed by atoms with E-state index in [0.717, 1.165) is 11.1 Å². The Balaban J connectivity index is 1.47. The lowest BCUT2D eigenvalue weighted by Crippen LogP contribution is -2.38. The molecule has 0 aliphatic heterocycles. The summed E-state index contributed by atoms with van der Waals surface area (Å²) >= 11 is 6.08. The molecule has 0 aliphatic carbocycles. The summed E-state index contributed by atoms with van der Waals surface area (Å²) in [5.74, 6) is -1.64. The van der Waals surface area contributed by atoms with E-state index in [1.807, 2.05) is 37.3 Å². The molecule has 0 aliphatic rings. The van der Waals surface area contributed by atoms with E-state index < -0.39 is 11.8 Å². The Morgan fingerprint density at radius 2 is 1.69 bits per heavy atom. The van der Waals surface area contributed by atoms with Crippen LogP contribution in [-0.2, 0) is 20.8 Å². The van der Waals surface area contributed by atoms with Crippen LogP contribution in [0.25, 0.3) is 0 Å².